The summed E-state index contributed by atoms with van der Waals surface area (Å²) in [6.07, 6.45) is 8.36. The number of hydrogen-bond donors (Lipinski definition) is 2. The second kappa shape index (κ2) is 7.54. The molecule has 0 radical (unpaired) electrons. The topological polar surface area (TPSA) is 76.7 Å². The van der Waals surface area contributed by atoms with Gasteiger partial charge in [0.15, 0.2) is 11.5 Å². The van der Waals surface area contributed by atoms with Crippen LogP contribution in [-0.2, 0) is 16.1 Å². The average molecular weight is 399 g/mol. The Bertz CT molecular complexity index is 771. The van der Waals surface area contributed by atoms with E-state index in [1.165, 1.54) is 38.5 Å². The maximum Gasteiger partial charge on any atom is 0.239 e. The monoisotopic (exact) mass is 398 g/mol. The predicted molar refractivity (Wildman–Crippen MR) is 108 cm³/mol. The Morgan fingerprint density at radius 3 is 2.24 bits per heavy atom. The summed E-state index contributed by atoms with van der Waals surface area (Å²) in [5.41, 5.74) is 1.16. The van der Waals surface area contributed by atoms with E-state index in [2.05, 4.69) is 10.6 Å². The highest BCUT2D eigenvalue weighted by Gasteiger charge is 2.51. The third-order valence-corrected chi connectivity index (χ3v) is 7.24. The molecule has 4 saturated carbocycles. The first-order valence-electron chi connectivity index (χ1n) is 11.0. The molecule has 4 aliphatic carbocycles. The lowest BCUT2D eigenvalue weighted by Gasteiger charge is -2.56. The number of nitrogens with one attached hydrogen (secondary N) is 2. The average Bonchev–Trinajstić information content (AvgIpc) is 2.69. The molecule has 6 nitrogen and oxygen atoms in total. The lowest BCUT2D eigenvalue weighted by Crippen LogP contribution is -2.48. The Morgan fingerprint density at radius 2 is 1.55 bits per heavy atom. The molecule has 0 spiro atoms. The summed E-state index contributed by atoms with van der Waals surface area (Å²) in [6, 6.07) is 5.67. The maximum absolute atomic E-state index is 12.5. The Hall–Kier alpha value is -2.24. The molecular formula is C23H30N2O4. The highest BCUT2D eigenvalue weighted by atomic mass is 16.6. The van der Waals surface area contributed by atoms with Crippen molar-refractivity contribution in [3.8, 4) is 11.5 Å². The fourth-order valence-corrected chi connectivity index (χ4v) is 6.55. The van der Waals surface area contributed by atoms with Crippen molar-refractivity contribution in [1.82, 2.24) is 10.6 Å². The van der Waals surface area contributed by atoms with Gasteiger partial charge in [0.1, 0.15) is 13.2 Å². The molecule has 1 aromatic carbocycles. The van der Waals surface area contributed by atoms with Crippen LogP contribution in [0.4, 0.5) is 0 Å². The van der Waals surface area contributed by atoms with E-state index in [1.807, 2.05) is 18.2 Å². The number of rotatable bonds is 6. The van der Waals surface area contributed by atoms with Crippen LogP contribution < -0.4 is 20.1 Å². The number of fused-ring (bicyclic) bond motifs is 1. The van der Waals surface area contributed by atoms with Gasteiger partial charge in [-0.1, -0.05) is 6.07 Å². The van der Waals surface area contributed by atoms with Crippen LogP contribution in [0.1, 0.15) is 50.5 Å². The first-order chi connectivity index (χ1) is 14.1. The van der Waals surface area contributed by atoms with E-state index in [0.717, 1.165) is 29.1 Å². The largest absolute Gasteiger partial charge is 0.486 e. The van der Waals surface area contributed by atoms with Gasteiger partial charge in [-0.2, -0.15) is 0 Å². The van der Waals surface area contributed by atoms with E-state index in [1.54, 1.807) is 0 Å². The van der Waals surface area contributed by atoms with E-state index < -0.39 is 0 Å². The second-order valence-corrected chi connectivity index (χ2v) is 9.63. The van der Waals surface area contributed by atoms with Crippen molar-refractivity contribution in [2.75, 3.05) is 19.8 Å². The van der Waals surface area contributed by atoms with E-state index in [4.69, 9.17) is 9.47 Å². The molecular weight excluding hydrogens is 368 g/mol. The molecule has 0 saturated heterocycles. The van der Waals surface area contributed by atoms with Crippen molar-refractivity contribution in [2.45, 2.75) is 51.5 Å². The zero-order valence-corrected chi connectivity index (χ0v) is 16.9. The molecule has 4 bridgehead atoms. The van der Waals surface area contributed by atoms with E-state index in [0.29, 0.717) is 31.9 Å². The molecule has 1 aromatic rings. The van der Waals surface area contributed by atoms with Crippen LogP contribution >= 0.6 is 0 Å². The Morgan fingerprint density at radius 1 is 0.897 bits per heavy atom. The number of carbonyl (C=O) groups is 2. The second-order valence-electron chi connectivity index (χ2n) is 9.63. The minimum Gasteiger partial charge on any atom is -0.486 e. The molecule has 0 aromatic heterocycles. The first kappa shape index (κ1) is 18.8. The van der Waals surface area contributed by atoms with Crippen LogP contribution in [0.5, 0.6) is 11.5 Å². The summed E-state index contributed by atoms with van der Waals surface area (Å²) >= 11 is 0. The van der Waals surface area contributed by atoms with Gasteiger partial charge in [-0.15, -0.1) is 0 Å². The summed E-state index contributed by atoms with van der Waals surface area (Å²) in [7, 11) is 0. The minimum absolute atomic E-state index is 0.0291. The fraction of sp³-hybridized carbons (Fsp3) is 0.652. The van der Waals surface area contributed by atoms with Gasteiger partial charge in [-0.3, -0.25) is 9.59 Å². The Kier molecular flexibility index (Phi) is 4.88. The van der Waals surface area contributed by atoms with Gasteiger partial charge in [-0.25, -0.2) is 0 Å². The number of hydrogen-bond acceptors (Lipinski definition) is 4. The van der Waals surface area contributed by atoms with Crippen LogP contribution in [-0.4, -0.2) is 31.6 Å². The lowest BCUT2D eigenvalue weighted by atomic mass is 9.49. The van der Waals surface area contributed by atoms with E-state index >= 15 is 0 Å². The smallest absolute Gasteiger partial charge is 0.239 e. The van der Waals surface area contributed by atoms with Crippen molar-refractivity contribution in [1.29, 1.82) is 0 Å². The fourth-order valence-electron chi connectivity index (χ4n) is 6.55. The third kappa shape index (κ3) is 4.07. The minimum atomic E-state index is -0.168. The number of amides is 2. The highest BCUT2D eigenvalue weighted by molar-refractivity contribution is 5.85. The standard InChI is InChI=1S/C23H30N2O4/c26-21(12-23-9-16-5-17(10-23)7-18(6-16)11-23)25-14-22(27)24-13-15-1-2-19-20(8-15)29-4-3-28-19/h1-2,8,16-18H,3-7,9-14H2,(H,24,27)(H,25,26). The SMILES string of the molecule is O=C(CNC(=O)CC12CC3CC(CC(C3)C1)C2)NCc1ccc2c(c1)OCCO2. The van der Waals surface area contributed by atoms with Crippen LogP contribution in [0.3, 0.4) is 0 Å². The van der Waals surface area contributed by atoms with Crippen LogP contribution in [0.25, 0.3) is 0 Å². The zero-order valence-electron chi connectivity index (χ0n) is 16.9. The van der Waals surface area contributed by atoms with E-state index in [-0.39, 0.29) is 23.8 Å². The zero-order chi connectivity index (χ0) is 19.8. The molecule has 2 amide bonds. The maximum atomic E-state index is 12.5. The highest BCUT2D eigenvalue weighted by Crippen LogP contribution is 2.61. The summed E-state index contributed by atoms with van der Waals surface area (Å²) in [4.78, 5) is 24.7. The molecule has 0 atom stereocenters. The quantitative estimate of drug-likeness (QED) is 0.773. The van der Waals surface area contributed by atoms with Gasteiger partial charge >= 0.3 is 0 Å². The van der Waals surface area contributed by atoms with Crippen molar-refractivity contribution >= 4 is 11.8 Å². The Balaban J connectivity index is 1.08. The summed E-state index contributed by atoms with van der Waals surface area (Å²) in [5, 5.41) is 5.72. The molecule has 0 unspecified atom stereocenters. The Labute approximate surface area is 171 Å². The number of carbonyl (C=O) groups excluding carboxylic acids is 2. The van der Waals surface area contributed by atoms with Crippen molar-refractivity contribution in [3.05, 3.63) is 23.8 Å². The van der Waals surface area contributed by atoms with Gasteiger partial charge in [0.2, 0.25) is 11.8 Å². The molecule has 29 heavy (non-hydrogen) atoms. The lowest BCUT2D eigenvalue weighted by molar-refractivity contribution is -0.131. The third-order valence-electron chi connectivity index (χ3n) is 7.24. The summed E-state index contributed by atoms with van der Waals surface area (Å²) < 4.78 is 11.1. The predicted octanol–water partition coefficient (Wildman–Crippen LogP) is 2.80. The van der Waals surface area contributed by atoms with Gasteiger partial charge in [0, 0.05) is 13.0 Å². The van der Waals surface area contributed by atoms with Gasteiger partial charge in [0.25, 0.3) is 0 Å². The van der Waals surface area contributed by atoms with Crippen LogP contribution in [0.15, 0.2) is 18.2 Å². The number of benzene rings is 1. The van der Waals surface area contributed by atoms with Crippen LogP contribution in [0, 0.1) is 23.2 Å². The molecule has 2 N–H and O–H groups in total. The molecule has 4 fully saturated rings. The first-order valence-corrected chi connectivity index (χ1v) is 11.0. The van der Waals surface area contributed by atoms with Gasteiger partial charge in [0.05, 0.1) is 6.54 Å². The normalized spacial score (nSPS) is 31.4. The van der Waals surface area contributed by atoms with Gasteiger partial charge in [-0.05, 0) is 79.4 Å². The molecule has 1 aliphatic heterocycles. The molecule has 5 aliphatic rings. The molecule has 1 heterocycles. The summed E-state index contributed by atoms with van der Waals surface area (Å²) in [6.45, 7) is 1.54. The van der Waals surface area contributed by atoms with E-state index in [9.17, 15) is 9.59 Å². The van der Waals surface area contributed by atoms with Gasteiger partial charge < -0.3 is 20.1 Å². The summed E-state index contributed by atoms with van der Waals surface area (Å²) in [5.74, 6) is 3.82. The molecule has 156 valence electrons. The number of ether oxygens (including phenoxy) is 2. The van der Waals surface area contributed by atoms with Crippen molar-refractivity contribution in [3.63, 3.8) is 0 Å². The van der Waals surface area contributed by atoms with Crippen LogP contribution in [0.2, 0.25) is 0 Å². The molecule has 6 rings (SSSR count). The molecule has 6 heteroatoms. The van der Waals surface area contributed by atoms with Crippen molar-refractivity contribution in [2.24, 2.45) is 23.2 Å². The van der Waals surface area contributed by atoms with Crippen molar-refractivity contribution < 1.29 is 19.1 Å².